The lowest BCUT2D eigenvalue weighted by Gasteiger charge is -2.21. The molecule has 0 bridgehead atoms. The second-order valence-electron chi connectivity index (χ2n) is 12.4. The van der Waals surface area contributed by atoms with Crippen LogP contribution in [-0.2, 0) is 0 Å². The Labute approximate surface area is 265 Å². The van der Waals surface area contributed by atoms with Crippen molar-refractivity contribution in [3.05, 3.63) is 139 Å². The van der Waals surface area contributed by atoms with Gasteiger partial charge >= 0.3 is 0 Å². The van der Waals surface area contributed by atoms with Crippen molar-refractivity contribution in [3.63, 3.8) is 0 Å². The van der Waals surface area contributed by atoms with Gasteiger partial charge < -0.3 is 8.98 Å². The molecule has 0 saturated heterocycles. The Kier molecular flexibility index (Phi) is 5.49. The van der Waals surface area contributed by atoms with Gasteiger partial charge in [0.2, 0.25) is 0 Å². The maximum atomic E-state index is 6.93. The predicted molar refractivity (Wildman–Crippen MR) is 191 cm³/mol. The van der Waals surface area contributed by atoms with Crippen molar-refractivity contribution in [1.29, 1.82) is 0 Å². The summed E-state index contributed by atoms with van der Waals surface area (Å²) < 4.78 is 9.43. The van der Waals surface area contributed by atoms with Crippen molar-refractivity contribution in [2.75, 3.05) is 0 Å². The van der Waals surface area contributed by atoms with Gasteiger partial charge in [0.25, 0.3) is 0 Å². The summed E-state index contributed by atoms with van der Waals surface area (Å²) in [4.78, 5) is 9.18. The minimum atomic E-state index is 0.411. The van der Waals surface area contributed by atoms with Gasteiger partial charge in [-0.15, -0.1) is 0 Å². The van der Waals surface area contributed by atoms with E-state index in [2.05, 4.69) is 130 Å². The van der Waals surface area contributed by atoms with Gasteiger partial charge in [-0.3, -0.25) is 0 Å². The molecule has 0 radical (unpaired) electrons. The van der Waals surface area contributed by atoms with E-state index >= 15 is 0 Å². The molecule has 10 rings (SSSR count). The second kappa shape index (κ2) is 9.88. The Morgan fingerprint density at radius 2 is 1.48 bits per heavy atom. The molecule has 3 heterocycles. The molecule has 5 aromatic carbocycles. The Hall–Kier alpha value is -5.74. The minimum Gasteiger partial charge on any atom is -0.455 e. The molecule has 2 aliphatic rings. The van der Waals surface area contributed by atoms with Crippen molar-refractivity contribution < 1.29 is 4.42 Å². The molecule has 3 aromatic heterocycles. The molecule has 1 unspecified atom stereocenters. The van der Waals surface area contributed by atoms with Crippen LogP contribution in [0.25, 0.3) is 82.4 Å². The van der Waals surface area contributed by atoms with Crippen molar-refractivity contribution in [2.45, 2.75) is 19.3 Å². The predicted octanol–water partition coefficient (Wildman–Crippen LogP) is 11.2. The van der Waals surface area contributed by atoms with Crippen molar-refractivity contribution in [1.82, 2.24) is 14.5 Å². The number of benzene rings is 5. The molecule has 218 valence electrons. The third-order valence-corrected chi connectivity index (χ3v) is 9.85. The van der Waals surface area contributed by atoms with Crippen LogP contribution < -0.4 is 0 Å². The fourth-order valence-corrected chi connectivity index (χ4v) is 7.82. The van der Waals surface area contributed by atoms with Gasteiger partial charge in [-0.2, -0.15) is 0 Å². The lowest BCUT2D eigenvalue weighted by atomic mass is 9.88. The van der Waals surface area contributed by atoms with E-state index in [1.807, 2.05) is 6.07 Å². The van der Waals surface area contributed by atoms with Gasteiger partial charge in [-0.05, 0) is 59.9 Å². The van der Waals surface area contributed by atoms with Crippen molar-refractivity contribution in [3.8, 4) is 11.4 Å². The zero-order valence-electron chi connectivity index (χ0n) is 25.2. The standard InChI is InChI=1S/C42H29N3O/c1-2-10-26(11-3-1)27-18-21-29(22-19-27)45-35-23-20-28-12-4-5-13-30(28)36(35)38-37-33-16-8-17-34(42-43-24-9-25-44-42)40(33)46-41(37)32-15-7-6-14-31(32)39(38)45/h2,4-18,20-25,27H,1,3,19H2. The topological polar surface area (TPSA) is 43.9 Å². The molecule has 0 spiro atoms. The fraction of sp³-hybridized carbons (Fsp3) is 0.0952. The molecule has 46 heavy (non-hydrogen) atoms. The van der Waals surface area contributed by atoms with E-state index in [-0.39, 0.29) is 0 Å². The highest BCUT2D eigenvalue weighted by Gasteiger charge is 2.26. The number of nitrogens with zero attached hydrogens (tertiary/aromatic N) is 3. The molecule has 0 N–H and O–H groups in total. The summed E-state index contributed by atoms with van der Waals surface area (Å²) in [5, 5.41) is 9.44. The Balaban J connectivity index is 1.37. The molecule has 1 atom stereocenters. The van der Waals surface area contributed by atoms with E-state index in [9.17, 15) is 0 Å². The summed E-state index contributed by atoms with van der Waals surface area (Å²) in [6.45, 7) is 0. The number of hydrogen-bond acceptors (Lipinski definition) is 3. The Bertz CT molecular complexity index is 2670. The first-order chi connectivity index (χ1) is 22.8. The highest BCUT2D eigenvalue weighted by Crippen LogP contribution is 2.49. The molecule has 4 nitrogen and oxygen atoms in total. The van der Waals surface area contributed by atoms with Gasteiger partial charge in [-0.25, -0.2) is 9.97 Å². The second-order valence-corrected chi connectivity index (χ2v) is 12.4. The number of allylic oxidation sites excluding steroid dienone is 8. The van der Waals surface area contributed by atoms with E-state index in [0.29, 0.717) is 11.7 Å². The van der Waals surface area contributed by atoms with Gasteiger partial charge in [-0.1, -0.05) is 97.1 Å². The van der Waals surface area contributed by atoms with E-state index in [1.165, 1.54) is 49.2 Å². The zero-order valence-corrected chi connectivity index (χ0v) is 25.2. The lowest BCUT2D eigenvalue weighted by molar-refractivity contribution is 0.673. The largest absolute Gasteiger partial charge is 0.455 e. The third-order valence-electron chi connectivity index (χ3n) is 9.85. The molecule has 2 aliphatic carbocycles. The van der Waals surface area contributed by atoms with Gasteiger partial charge in [0.05, 0.1) is 16.6 Å². The first-order valence-electron chi connectivity index (χ1n) is 16.1. The van der Waals surface area contributed by atoms with Crippen LogP contribution in [-0.4, -0.2) is 14.5 Å². The van der Waals surface area contributed by atoms with E-state index in [1.54, 1.807) is 12.4 Å². The number of rotatable bonds is 3. The SMILES string of the molecule is C1=CC(C2C=CC(n3c4ccc5ccccc5c4c4c5c6cccc(-c7ncccn7)c6oc5c5ccccc5c43)=CC2)=CCC1. The van der Waals surface area contributed by atoms with Crippen LogP contribution in [0.1, 0.15) is 19.3 Å². The first-order valence-corrected chi connectivity index (χ1v) is 16.1. The fourth-order valence-electron chi connectivity index (χ4n) is 7.82. The van der Waals surface area contributed by atoms with Crippen LogP contribution in [0.5, 0.6) is 0 Å². The van der Waals surface area contributed by atoms with Crippen molar-refractivity contribution in [2.24, 2.45) is 5.92 Å². The van der Waals surface area contributed by atoms with Crippen molar-refractivity contribution >= 4 is 71.0 Å². The molecule has 0 amide bonds. The van der Waals surface area contributed by atoms with Crippen LogP contribution in [0.2, 0.25) is 0 Å². The molecular weight excluding hydrogens is 562 g/mol. The maximum absolute atomic E-state index is 6.93. The van der Waals surface area contributed by atoms with Crippen LogP contribution in [0.3, 0.4) is 0 Å². The van der Waals surface area contributed by atoms with Gasteiger partial charge in [0, 0.05) is 56.3 Å². The molecule has 4 heteroatoms. The number of fused-ring (bicyclic) bond motifs is 12. The quantitative estimate of drug-likeness (QED) is 0.205. The minimum absolute atomic E-state index is 0.411. The average Bonchev–Trinajstić information content (AvgIpc) is 3.70. The Morgan fingerprint density at radius 1 is 0.652 bits per heavy atom. The number of hydrogen-bond donors (Lipinski definition) is 0. The van der Waals surface area contributed by atoms with E-state index in [4.69, 9.17) is 4.42 Å². The molecular formula is C42H29N3O. The van der Waals surface area contributed by atoms with Crippen LogP contribution in [0.4, 0.5) is 0 Å². The van der Waals surface area contributed by atoms with E-state index < -0.39 is 0 Å². The van der Waals surface area contributed by atoms with Crippen LogP contribution in [0.15, 0.2) is 144 Å². The van der Waals surface area contributed by atoms with Crippen LogP contribution in [0, 0.1) is 5.92 Å². The van der Waals surface area contributed by atoms with E-state index in [0.717, 1.165) is 52.2 Å². The molecule has 8 aromatic rings. The number of furan rings is 1. The molecule has 0 fully saturated rings. The first kappa shape index (κ1) is 25.6. The van der Waals surface area contributed by atoms with Crippen LogP contribution >= 0.6 is 0 Å². The molecule has 0 saturated carbocycles. The highest BCUT2D eigenvalue weighted by molar-refractivity contribution is 6.39. The Morgan fingerprint density at radius 3 is 2.30 bits per heavy atom. The highest BCUT2D eigenvalue weighted by atomic mass is 16.3. The lowest BCUT2D eigenvalue weighted by Crippen LogP contribution is -2.06. The maximum Gasteiger partial charge on any atom is 0.162 e. The summed E-state index contributed by atoms with van der Waals surface area (Å²) >= 11 is 0. The zero-order chi connectivity index (χ0) is 30.2. The smallest absolute Gasteiger partial charge is 0.162 e. The summed E-state index contributed by atoms with van der Waals surface area (Å²) in [5.41, 5.74) is 7.67. The summed E-state index contributed by atoms with van der Waals surface area (Å²) in [6.07, 6.45) is 21.0. The third kappa shape index (κ3) is 3.61. The number of aromatic nitrogens is 3. The van der Waals surface area contributed by atoms with Gasteiger partial charge in [0.15, 0.2) is 5.82 Å². The summed E-state index contributed by atoms with van der Waals surface area (Å²) in [7, 11) is 0. The monoisotopic (exact) mass is 591 g/mol. The number of para-hydroxylation sites is 1. The normalized spacial score (nSPS) is 16.7. The average molecular weight is 592 g/mol. The molecule has 0 aliphatic heterocycles. The van der Waals surface area contributed by atoms with Gasteiger partial charge in [0.1, 0.15) is 11.2 Å². The summed E-state index contributed by atoms with van der Waals surface area (Å²) in [6, 6.07) is 30.2. The summed E-state index contributed by atoms with van der Waals surface area (Å²) in [5.74, 6) is 1.07.